The molecule has 1 aromatic heterocycles. The Morgan fingerprint density at radius 1 is 1.44 bits per heavy atom. The van der Waals surface area contributed by atoms with E-state index < -0.39 is 0 Å². The summed E-state index contributed by atoms with van der Waals surface area (Å²) >= 11 is 7.46. The highest BCUT2D eigenvalue weighted by Gasteiger charge is 2.20. The lowest BCUT2D eigenvalue weighted by atomic mass is 10.2. The molecule has 1 atom stereocenters. The molecule has 0 unspecified atom stereocenters. The lowest BCUT2D eigenvalue weighted by Gasteiger charge is -2.13. The monoisotopic (exact) mass is 380 g/mol. The van der Waals surface area contributed by atoms with Crippen molar-refractivity contribution in [2.24, 2.45) is 0 Å². The van der Waals surface area contributed by atoms with Gasteiger partial charge in [0.1, 0.15) is 5.82 Å². The van der Waals surface area contributed by atoms with Crippen molar-refractivity contribution in [3.8, 4) is 0 Å². The molecule has 1 aliphatic heterocycles. The van der Waals surface area contributed by atoms with Crippen molar-refractivity contribution in [3.05, 3.63) is 34.6 Å². The summed E-state index contributed by atoms with van der Waals surface area (Å²) in [5.74, 6) is 0.999. The van der Waals surface area contributed by atoms with Gasteiger partial charge in [-0.1, -0.05) is 29.4 Å². The largest absolute Gasteiger partial charge is 0.376 e. The van der Waals surface area contributed by atoms with Gasteiger partial charge in [0.25, 0.3) is 0 Å². The molecule has 2 aromatic rings. The minimum Gasteiger partial charge on any atom is -0.376 e. The summed E-state index contributed by atoms with van der Waals surface area (Å²) < 4.78 is 7.71. The summed E-state index contributed by atoms with van der Waals surface area (Å²) in [7, 11) is 0. The van der Waals surface area contributed by atoms with Crippen LogP contribution in [0.1, 0.15) is 24.2 Å². The zero-order valence-corrected chi connectivity index (χ0v) is 15.9. The molecule has 0 radical (unpaired) electrons. The number of benzene rings is 1. The Morgan fingerprint density at radius 2 is 2.28 bits per heavy atom. The van der Waals surface area contributed by atoms with Crippen molar-refractivity contribution < 1.29 is 9.53 Å². The molecule has 1 saturated heterocycles. The molecule has 6 nitrogen and oxygen atoms in total. The minimum absolute atomic E-state index is 0.0975. The fourth-order valence-electron chi connectivity index (χ4n) is 2.73. The third-order valence-corrected chi connectivity index (χ3v) is 5.56. The van der Waals surface area contributed by atoms with Gasteiger partial charge in [-0.3, -0.25) is 4.79 Å². The second kappa shape index (κ2) is 8.21. The van der Waals surface area contributed by atoms with E-state index in [4.69, 9.17) is 16.3 Å². The number of carbonyl (C=O) groups excluding carboxylic acids is 1. The van der Waals surface area contributed by atoms with E-state index in [1.54, 1.807) is 6.07 Å². The van der Waals surface area contributed by atoms with Crippen molar-refractivity contribution in [1.82, 2.24) is 14.8 Å². The molecule has 1 fully saturated rings. The van der Waals surface area contributed by atoms with E-state index in [1.807, 2.05) is 30.5 Å². The number of amides is 1. The summed E-state index contributed by atoms with van der Waals surface area (Å²) in [5, 5.41) is 12.6. The topological polar surface area (TPSA) is 69.0 Å². The second-order valence-corrected chi connectivity index (χ2v) is 7.37. The molecule has 1 N–H and O–H groups in total. The molecule has 1 amide bonds. The fourth-order valence-corrected chi connectivity index (χ4v) is 3.70. The van der Waals surface area contributed by atoms with Gasteiger partial charge in [-0.15, -0.1) is 10.2 Å². The van der Waals surface area contributed by atoms with Crippen LogP contribution in [-0.2, 0) is 16.1 Å². The lowest BCUT2D eigenvalue weighted by Crippen LogP contribution is -2.18. The minimum atomic E-state index is -0.0975. The van der Waals surface area contributed by atoms with Crippen LogP contribution in [0.15, 0.2) is 23.4 Å². The Morgan fingerprint density at radius 3 is 3.04 bits per heavy atom. The molecule has 8 heteroatoms. The molecular weight excluding hydrogens is 360 g/mol. The van der Waals surface area contributed by atoms with Gasteiger partial charge < -0.3 is 14.6 Å². The number of aryl methyl sites for hydroxylation is 1. The van der Waals surface area contributed by atoms with Crippen LogP contribution in [0.5, 0.6) is 0 Å². The van der Waals surface area contributed by atoms with E-state index in [-0.39, 0.29) is 17.8 Å². The summed E-state index contributed by atoms with van der Waals surface area (Å²) in [6, 6.07) is 5.46. The van der Waals surface area contributed by atoms with Crippen LogP contribution in [-0.4, -0.2) is 39.1 Å². The third-order valence-electron chi connectivity index (χ3n) is 4.19. The van der Waals surface area contributed by atoms with Gasteiger partial charge in [0.15, 0.2) is 5.16 Å². The zero-order valence-electron chi connectivity index (χ0n) is 14.3. The van der Waals surface area contributed by atoms with E-state index in [1.165, 1.54) is 11.8 Å². The van der Waals surface area contributed by atoms with Gasteiger partial charge >= 0.3 is 0 Å². The van der Waals surface area contributed by atoms with Gasteiger partial charge in [0.05, 0.1) is 18.4 Å². The molecule has 0 spiro atoms. The number of carbonyl (C=O) groups is 1. The third kappa shape index (κ3) is 4.54. The van der Waals surface area contributed by atoms with E-state index in [2.05, 4.69) is 15.5 Å². The normalized spacial score (nSPS) is 17.0. The van der Waals surface area contributed by atoms with Gasteiger partial charge in [0, 0.05) is 17.3 Å². The number of rotatable bonds is 6. The number of anilines is 1. The maximum atomic E-state index is 12.3. The molecule has 3 rings (SSSR count). The van der Waals surface area contributed by atoms with Crippen LogP contribution in [0, 0.1) is 13.8 Å². The standard InChI is InChI=1S/C17H21ClN4O2S/c1-11-14(18)6-3-7-15(11)19-16(23)10-25-17-21-20-12(2)22(17)9-13-5-4-8-24-13/h3,6-7,13H,4-5,8-10H2,1-2H3,(H,19,23)/t13-/m0/s1. The van der Waals surface area contributed by atoms with Crippen LogP contribution < -0.4 is 5.32 Å². The number of hydrogen-bond donors (Lipinski definition) is 1. The van der Waals surface area contributed by atoms with Crippen molar-refractivity contribution in [2.75, 3.05) is 17.7 Å². The number of hydrogen-bond acceptors (Lipinski definition) is 5. The molecule has 2 heterocycles. The number of thioether (sulfide) groups is 1. The van der Waals surface area contributed by atoms with Crippen molar-refractivity contribution in [3.63, 3.8) is 0 Å². The highest BCUT2D eigenvalue weighted by atomic mass is 35.5. The van der Waals surface area contributed by atoms with E-state index in [0.717, 1.165) is 48.2 Å². The van der Waals surface area contributed by atoms with Gasteiger partial charge in [-0.2, -0.15) is 0 Å². The molecule has 134 valence electrons. The molecule has 1 aromatic carbocycles. The van der Waals surface area contributed by atoms with Gasteiger partial charge in [-0.25, -0.2) is 0 Å². The number of halogens is 1. The Kier molecular flexibility index (Phi) is 5.98. The number of nitrogens with zero attached hydrogens (tertiary/aromatic N) is 3. The first kappa shape index (κ1) is 18.2. The zero-order chi connectivity index (χ0) is 17.8. The molecule has 0 aliphatic carbocycles. The Labute approximate surface area is 156 Å². The molecule has 25 heavy (non-hydrogen) atoms. The SMILES string of the molecule is Cc1c(Cl)cccc1NC(=O)CSc1nnc(C)n1C[C@@H]1CCCO1. The molecule has 1 aliphatic rings. The number of nitrogens with one attached hydrogen (secondary N) is 1. The van der Waals surface area contributed by atoms with Crippen LogP contribution in [0.3, 0.4) is 0 Å². The van der Waals surface area contributed by atoms with Crippen LogP contribution >= 0.6 is 23.4 Å². The summed E-state index contributed by atoms with van der Waals surface area (Å²) in [5.41, 5.74) is 1.59. The van der Waals surface area contributed by atoms with Crippen molar-refractivity contribution in [1.29, 1.82) is 0 Å². The van der Waals surface area contributed by atoms with Crippen LogP contribution in [0.4, 0.5) is 5.69 Å². The lowest BCUT2D eigenvalue weighted by molar-refractivity contribution is -0.113. The number of ether oxygens (including phenoxy) is 1. The van der Waals surface area contributed by atoms with E-state index in [9.17, 15) is 4.79 Å². The van der Waals surface area contributed by atoms with E-state index in [0.29, 0.717) is 5.02 Å². The first-order valence-electron chi connectivity index (χ1n) is 8.24. The highest BCUT2D eigenvalue weighted by Crippen LogP contribution is 2.24. The van der Waals surface area contributed by atoms with Gasteiger partial charge in [0.2, 0.25) is 5.91 Å². The van der Waals surface area contributed by atoms with Crippen molar-refractivity contribution in [2.45, 2.75) is 44.5 Å². The first-order chi connectivity index (χ1) is 12.0. The highest BCUT2D eigenvalue weighted by molar-refractivity contribution is 7.99. The quantitative estimate of drug-likeness (QED) is 0.777. The Bertz CT molecular complexity index is 759. The van der Waals surface area contributed by atoms with E-state index >= 15 is 0 Å². The van der Waals surface area contributed by atoms with Crippen LogP contribution in [0.25, 0.3) is 0 Å². The number of aromatic nitrogens is 3. The average molecular weight is 381 g/mol. The fraction of sp³-hybridized carbons (Fsp3) is 0.471. The average Bonchev–Trinajstić information content (AvgIpc) is 3.22. The smallest absolute Gasteiger partial charge is 0.234 e. The van der Waals surface area contributed by atoms with Crippen molar-refractivity contribution >= 4 is 35.0 Å². The Hall–Kier alpha value is -1.57. The van der Waals surface area contributed by atoms with Crippen LogP contribution in [0.2, 0.25) is 5.02 Å². The molecule has 0 bridgehead atoms. The Balaban J connectivity index is 1.59. The first-order valence-corrected chi connectivity index (χ1v) is 9.60. The summed E-state index contributed by atoms with van der Waals surface area (Å²) in [4.78, 5) is 12.3. The predicted octanol–water partition coefficient (Wildman–Crippen LogP) is 3.46. The maximum absolute atomic E-state index is 12.3. The maximum Gasteiger partial charge on any atom is 0.234 e. The molecule has 0 saturated carbocycles. The second-order valence-electron chi connectivity index (χ2n) is 6.02. The summed E-state index contributed by atoms with van der Waals surface area (Å²) in [6.45, 7) is 5.35. The van der Waals surface area contributed by atoms with Gasteiger partial charge in [-0.05, 0) is 44.4 Å². The molecular formula is C17H21ClN4O2S. The summed E-state index contributed by atoms with van der Waals surface area (Å²) in [6.07, 6.45) is 2.35. The predicted molar refractivity (Wildman–Crippen MR) is 99.3 cm³/mol.